The van der Waals surface area contributed by atoms with Gasteiger partial charge in [-0.15, -0.1) is 0 Å². The van der Waals surface area contributed by atoms with Gasteiger partial charge in [0.05, 0.1) is 23.4 Å². The number of carbonyl (C=O) groups is 1. The van der Waals surface area contributed by atoms with E-state index in [4.69, 9.17) is 16.3 Å². The third-order valence-electron chi connectivity index (χ3n) is 4.86. The zero-order valence-corrected chi connectivity index (χ0v) is 19.5. The molecule has 1 N–H and O–H groups in total. The van der Waals surface area contributed by atoms with Crippen molar-refractivity contribution in [3.8, 4) is 5.75 Å². The highest BCUT2D eigenvalue weighted by Gasteiger charge is 2.36. The van der Waals surface area contributed by atoms with E-state index < -0.39 is 44.1 Å². The predicted molar refractivity (Wildman–Crippen MR) is 116 cm³/mol. The van der Waals surface area contributed by atoms with Gasteiger partial charge in [0, 0.05) is 6.04 Å². The van der Waals surface area contributed by atoms with Gasteiger partial charge in [-0.2, -0.15) is 13.2 Å². The van der Waals surface area contributed by atoms with Crippen LogP contribution < -0.4 is 14.4 Å². The predicted octanol–water partition coefficient (Wildman–Crippen LogP) is 4.72. The van der Waals surface area contributed by atoms with Gasteiger partial charge in [-0.05, 0) is 43.2 Å². The molecule has 0 saturated heterocycles. The van der Waals surface area contributed by atoms with Crippen LogP contribution in [0.1, 0.15) is 26.3 Å². The number of nitrogens with one attached hydrogen (secondary N) is 1. The first-order valence-electron chi connectivity index (χ1n) is 9.61. The van der Waals surface area contributed by atoms with Crippen LogP contribution in [0.3, 0.4) is 0 Å². The number of hydrogen-bond donors (Lipinski definition) is 1. The zero-order chi connectivity index (χ0) is 24.3. The summed E-state index contributed by atoms with van der Waals surface area (Å²) in [6, 6.07) is 7.70. The molecule has 1 atom stereocenters. The topological polar surface area (TPSA) is 75.7 Å². The summed E-state index contributed by atoms with van der Waals surface area (Å²) in [5.41, 5.74) is -1.20. The Balaban J connectivity index is 2.62. The third-order valence-corrected chi connectivity index (χ3v) is 7.10. The summed E-state index contributed by atoms with van der Waals surface area (Å²) in [5.74, 6) is -0.444. The average molecular weight is 493 g/mol. The Morgan fingerprint density at radius 3 is 2.34 bits per heavy atom. The van der Waals surface area contributed by atoms with Crippen molar-refractivity contribution in [2.75, 3.05) is 18.0 Å². The maximum absolute atomic E-state index is 13.5. The number of benzene rings is 2. The molecule has 2 rings (SSSR count). The molecule has 0 radical (unpaired) electrons. The number of amides is 1. The molecule has 0 heterocycles. The number of hydrogen-bond acceptors (Lipinski definition) is 4. The van der Waals surface area contributed by atoms with Gasteiger partial charge in [0.25, 0.3) is 10.0 Å². The normalized spacial score (nSPS) is 13.0. The number of halogens is 4. The van der Waals surface area contributed by atoms with E-state index in [1.807, 2.05) is 13.8 Å². The quantitative estimate of drug-likeness (QED) is 0.578. The second-order valence-electron chi connectivity index (χ2n) is 7.43. The Labute approximate surface area is 190 Å². The maximum atomic E-state index is 13.5. The van der Waals surface area contributed by atoms with Gasteiger partial charge < -0.3 is 10.1 Å². The van der Waals surface area contributed by atoms with Crippen molar-refractivity contribution in [2.45, 2.75) is 37.9 Å². The van der Waals surface area contributed by atoms with Crippen molar-refractivity contribution in [3.63, 3.8) is 0 Å². The Morgan fingerprint density at radius 1 is 1.16 bits per heavy atom. The average Bonchev–Trinajstić information content (AvgIpc) is 2.71. The van der Waals surface area contributed by atoms with Crippen LogP contribution in [0.4, 0.5) is 18.9 Å². The van der Waals surface area contributed by atoms with Crippen molar-refractivity contribution < 1.29 is 31.1 Å². The van der Waals surface area contributed by atoms with Gasteiger partial charge >= 0.3 is 6.18 Å². The van der Waals surface area contributed by atoms with Gasteiger partial charge in [0.2, 0.25) is 5.91 Å². The monoisotopic (exact) mass is 492 g/mol. The molecule has 0 fully saturated rings. The molecular formula is C21H24ClF3N2O4S. The summed E-state index contributed by atoms with van der Waals surface area (Å²) < 4.78 is 72.6. The van der Waals surface area contributed by atoms with Gasteiger partial charge in [0.15, 0.2) is 0 Å². The molecule has 0 bridgehead atoms. The molecule has 11 heteroatoms. The lowest BCUT2D eigenvalue weighted by molar-refractivity contribution is -0.137. The molecule has 0 aliphatic carbocycles. The number of alkyl halides is 3. The minimum absolute atomic E-state index is 0.0178. The Morgan fingerprint density at radius 2 is 1.78 bits per heavy atom. The number of sulfonamides is 1. The van der Waals surface area contributed by atoms with Crippen molar-refractivity contribution in [3.05, 3.63) is 53.1 Å². The molecule has 0 aromatic heterocycles. The van der Waals surface area contributed by atoms with Crippen LogP contribution in [0, 0.1) is 5.92 Å². The number of ether oxygens (including phenoxy) is 1. The number of anilines is 1. The van der Waals surface area contributed by atoms with E-state index in [0.29, 0.717) is 16.4 Å². The maximum Gasteiger partial charge on any atom is 0.416 e. The van der Waals surface area contributed by atoms with Crippen molar-refractivity contribution >= 4 is 33.2 Å². The number of carbonyl (C=O) groups excluding carboxylic acids is 1. The second-order valence-corrected chi connectivity index (χ2v) is 9.66. The molecule has 2 aromatic carbocycles. The fourth-order valence-electron chi connectivity index (χ4n) is 2.73. The molecule has 1 amide bonds. The molecule has 32 heavy (non-hydrogen) atoms. The summed E-state index contributed by atoms with van der Waals surface area (Å²) in [5, 5.41) is 2.28. The molecular weight excluding hydrogens is 469 g/mol. The van der Waals surface area contributed by atoms with Crippen LogP contribution in [0.25, 0.3) is 0 Å². The van der Waals surface area contributed by atoms with Gasteiger partial charge in [-0.1, -0.05) is 37.6 Å². The van der Waals surface area contributed by atoms with Crippen LogP contribution in [0.5, 0.6) is 5.75 Å². The van der Waals surface area contributed by atoms with E-state index in [9.17, 15) is 26.4 Å². The highest BCUT2D eigenvalue weighted by atomic mass is 35.5. The van der Waals surface area contributed by atoms with Crippen molar-refractivity contribution in [1.29, 1.82) is 0 Å². The van der Waals surface area contributed by atoms with Gasteiger partial charge in [-0.25, -0.2) is 8.42 Å². The zero-order valence-electron chi connectivity index (χ0n) is 17.9. The molecule has 6 nitrogen and oxygen atoms in total. The SMILES string of the molecule is COc1ccccc1N(CC(=O)N[C@@H](C)C(C)C)S(=O)(=O)c1cc(C(F)(F)F)ccc1Cl. The summed E-state index contributed by atoms with van der Waals surface area (Å²) >= 11 is 5.99. The summed E-state index contributed by atoms with van der Waals surface area (Å²) in [6.45, 7) is 4.82. The van der Waals surface area contributed by atoms with E-state index in [1.165, 1.54) is 25.3 Å². The number of nitrogens with zero attached hydrogens (tertiary/aromatic N) is 1. The Bertz CT molecular complexity index is 1070. The Hall–Kier alpha value is -2.46. The number of methoxy groups -OCH3 is 1. The molecule has 0 aliphatic rings. The fraction of sp³-hybridized carbons (Fsp3) is 0.381. The summed E-state index contributed by atoms with van der Waals surface area (Å²) in [4.78, 5) is 11.9. The van der Waals surface area contributed by atoms with Crippen LogP contribution in [-0.4, -0.2) is 34.0 Å². The highest BCUT2D eigenvalue weighted by molar-refractivity contribution is 7.93. The lowest BCUT2D eigenvalue weighted by Gasteiger charge is -2.27. The van der Waals surface area contributed by atoms with E-state index in [2.05, 4.69) is 5.32 Å². The van der Waals surface area contributed by atoms with E-state index >= 15 is 0 Å². The summed E-state index contributed by atoms with van der Waals surface area (Å²) in [7, 11) is -3.38. The standard InChI is InChI=1S/C21H24ClF3N2O4S/c1-13(2)14(3)26-20(28)12-27(17-7-5-6-8-18(17)31-4)32(29,30)19-11-15(21(23,24)25)9-10-16(19)22/h5-11,13-14H,12H2,1-4H3,(H,26,28)/t14-/m0/s1. The summed E-state index contributed by atoms with van der Waals surface area (Å²) in [6.07, 6.45) is -4.78. The largest absolute Gasteiger partial charge is 0.495 e. The van der Waals surface area contributed by atoms with Crippen molar-refractivity contribution in [1.82, 2.24) is 5.32 Å². The van der Waals surface area contributed by atoms with Gasteiger partial charge in [0.1, 0.15) is 17.2 Å². The molecule has 0 aliphatic heterocycles. The fourth-order valence-corrected chi connectivity index (χ4v) is 4.66. The van der Waals surface area contributed by atoms with E-state index in [1.54, 1.807) is 13.0 Å². The van der Waals surface area contributed by atoms with Crippen molar-refractivity contribution in [2.24, 2.45) is 5.92 Å². The molecule has 0 spiro atoms. The minimum atomic E-state index is -4.78. The van der Waals surface area contributed by atoms with Crippen LogP contribution >= 0.6 is 11.6 Å². The molecule has 0 saturated carbocycles. The lowest BCUT2D eigenvalue weighted by atomic mass is 10.1. The first-order valence-corrected chi connectivity index (χ1v) is 11.4. The molecule has 2 aromatic rings. The Kier molecular flexibility index (Phi) is 8.06. The third kappa shape index (κ3) is 5.86. The first kappa shape index (κ1) is 25.8. The smallest absolute Gasteiger partial charge is 0.416 e. The van der Waals surface area contributed by atoms with Gasteiger partial charge in [-0.3, -0.25) is 9.10 Å². The minimum Gasteiger partial charge on any atom is -0.495 e. The molecule has 176 valence electrons. The number of para-hydroxylation sites is 2. The van der Waals surface area contributed by atoms with E-state index in [-0.39, 0.29) is 23.4 Å². The lowest BCUT2D eigenvalue weighted by Crippen LogP contribution is -2.45. The highest BCUT2D eigenvalue weighted by Crippen LogP contribution is 2.37. The van der Waals surface area contributed by atoms with Crippen LogP contribution in [0.2, 0.25) is 5.02 Å². The second kappa shape index (κ2) is 9.99. The van der Waals surface area contributed by atoms with E-state index in [0.717, 1.165) is 6.07 Å². The van der Waals surface area contributed by atoms with Crippen LogP contribution in [0.15, 0.2) is 47.4 Å². The first-order chi connectivity index (χ1) is 14.8. The van der Waals surface area contributed by atoms with Crippen LogP contribution in [-0.2, 0) is 21.0 Å². The molecule has 0 unspecified atom stereocenters. The number of rotatable bonds is 8.